The first-order valence-electron chi connectivity index (χ1n) is 9.44. The molecule has 0 bridgehead atoms. The van der Waals surface area contributed by atoms with Crippen molar-refractivity contribution < 1.29 is 14.2 Å². The molecular weight excluding hydrogens is 457 g/mol. The molecule has 152 valence electrons. The topological polar surface area (TPSA) is 64.1 Å². The summed E-state index contributed by atoms with van der Waals surface area (Å²) in [7, 11) is 1.79. The van der Waals surface area contributed by atoms with Crippen molar-refractivity contribution in [2.24, 2.45) is 10.4 Å². The van der Waals surface area contributed by atoms with Crippen LogP contribution in [0.3, 0.4) is 0 Å². The fourth-order valence-corrected chi connectivity index (χ4v) is 3.15. The molecule has 0 aliphatic carbocycles. The van der Waals surface area contributed by atoms with Gasteiger partial charge in [0.05, 0.1) is 19.3 Å². The molecule has 1 aromatic carbocycles. The van der Waals surface area contributed by atoms with Gasteiger partial charge in [0.25, 0.3) is 0 Å². The predicted molar refractivity (Wildman–Crippen MR) is 118 cm³/mol. The largest absolute Gasteiger partial charge is 0.491 e. The molecule has 0 aromatic heterocycles. The van der Waals surface area contributed by atoms with Crippen LogP contribution in [-0.2, 0) is 16.0 Å². The number of aliphatic imine (C=N–C) groups is 1. The summed E-state index contributed by atoms with van der Waals surface area (Å²) in [6.45, 7) is 8.87. The molecule has 7 heteroatoms. The first-order valence-corrected chi connectivity index (χ1v) is 9.44. The van der Waals surface area contributed by atoms with Crippen molar-refractivity contribution >= 4 is 29.9 Å². The van der Waals surface area contributed by atoms with Gasteiger partial charge in [-0.3, -0.25) is 4.99 Å². The molecule has 3 rings (SSSR count). The molecule has 1 unspecified atom stereocenters. The molecule has 2 N–H and O–H groups in total. The lowest BCUT2D eigenvalue weighted by molar-refractivity contribution is -0.0971. The standard InChI is InChI=1S/C20H31N3O3.HI/c1-15-6-7-16(18(9-15)26-11-17-5-4-8-25-17)10-22-19(21-3)23-12-20(2)13-24-14-20;/h6-7,9,17H,4-5,8,10-14H2,1-3H3,(H2,21,22,23);1H. The highest BCUT2D eigenvalue weighted by atomic mass is 127. The van der Waals surface area contributed by atoms with Gasteiger partial charge in [-0.15, -0.1) is 24.0 Å². The zero-order valence-electron chi connectivity index (χ0n) is 16.5. The minimum Gasteiger partial charge on any atom is -0.491 e. The van der Waals surface area contributed by atoms with E-state index in [1.54, 1.807) is 7.05 Å². The highest BCUT2D eigenvalue weighted by Crippen LogP contribution is 2.25. The van der Waals surface area contributed by atoms with Crippen LogP contribution in [0.25, 0.3) is 0 Å². The number of rotatable bonds is 7. The van der Waals surface area contributed by atoms with Crippen molar-refractivity contribution in [1.29, 1.82) is 0 Å². The third-order valence-corrected chi connectivity index (χ3v) is 4.92. The Kier molecular flexibility index (Phi) is 8.62. The summed E-state index contributed by atoms with van der Waals surface area (Å²) in [4.78, 5) is 4.31. The molecule has 0 radical (unpaired) electrons. The summed E-state index contributed by atoms with van der Waals surface area (Å²) in [6, 6.07) is 6.31. The third kappa shape index (κ3) is 6.50. The Morgan fingerprint density at radius 3 is 2.78 bits per heavy atom. The zero-order valence-corrected chi connectivity index (χ0v) is 18.9. The molecule has 2 saturated heterocycles. The van der Waals surface area contributed by atoms with Crippen molar-refractivity contribution in [3.05, 3.63) is 29.3 Å². The Balaban J connectivity index is 0.00000261. The summed E-state index contributed by atoms with van der Waals surface area (Å²) in [6.07, 6.45) is 2.43. The lowest BCUT2D eigenvalue weighted by Gasteiger charge is -2.38. The maximum Gasteiger partial charge on any atom is 0.191 e. The van der Waals surface area contributed by atoms with Gasteiger partial charge in [0.1, 0.15) is 12.4 Å². The van der Waals surface area contributed by atoms with E-state index in [1.807, 2.05) is 0 Å². The van der Waals surface area contributed by atoms with Crippen LogP contribution in [0.5, 0.6) is 5.75 Å². The molecule has 0 saturated carbocycles. The highest BCUT2D eigenvalue weighted by molar-refractivity contribution is 14.0. The van der Waals surface area contributed by atoms with Crippen LogP contribution < -0.4 is 15.4 Å². The fourth-order valence-electron chi connectivity index (χ4n) is 3.15. The van der Waals surface area contributed by atoms with Gasteiger partial charge in [0, 0.05) is 37.7 Å². The number of ether oxygens (including phenoxy) is 3. The van der Waals surface area contributed by atoms with Gasteiger partial charge < -0.3 is 24.8 Å². The maximum atomic E-state index is 6.07. The quantitative estimate of drug-likeness (QED) is 0.351. The molecule has 1 aromatic rings. The summed E-state index contributed by atoms with van der Waals surface area (Å²) in [5.41, 5.74) is 2.52. The number of aryl methyl sites for hydroxylation is 1. The van der Waals surface area contributed by atoms with E-state index in [0.29, 0.717) is 13.2 Å². The van der Waals surface area contributed by atoms with Gasteiger partial charge in [0.15, 0.2) is 5.96 Å². The van der Waals surface area contributed by atoms with Crippen molar-refractivity contribution in [2.45, 2.75) is 39.3 Å². The second-order valence-corrected chi connectivity index (χ2v) is 7.64. The molecule has 0 amide bonds. The first kappa shape index (κ1) is 22.2. The summed E-state index contributed by atoms with van der Waals surface area (Å²) < 4.78 is 17.0. The molecule has 0 spiro atoms. The molecule has 27 heavy (non-hydrogen) atoms. The van der Waals surface area contributed by atoms with Crippen molar-refractivity contribution in [3.63, 3.8) is 0 Å². The Morgan fingerprint density at radius 1 is 1.33 bits per heavy atom. The van der Waals surface area contributed by atoms with E-state index in [0.717, 1.165) is 56.5 Å². The Hall–Kier alpha value is -1.06. The monoisotopic (exact) mass is 489 g/mol. The average molecular weight is 489 g/mol. The van der Waals surface area contributed by atoms with E-state index in [9.17, 15) is 0 Å². The lowest BCUT2D eigenvalue weighted by atomic mass is 9.89. The minimum atomic E-state index is 0. The number of hydrogen-bond donors (Lipinski definition) is 2. The number of guanidine groups is 1. The second-order valence-electron chi connectivity index (χ2n) is 7.64. The van der Waals surface area contributed by atoms with Crippen LogP contribution in [0.15, 0.2) is 23.2 Å². The molecule has 2 fully saturated rings. The SMILES string of the molecule is CN=C(NCc1ccc(C)cc1OCC1CCCO1)NCC1(C)COC1.I. The molecular formula is C20H32IN3O3. The number of halogens is 1. The molecule has 2 aliphatic rings. The summed E-state index contributed by atoms with van der Waals surface area (Å²) >= 11 is 0. The minimum absolute atomic E-state index is 0. The van der Waals surface area contributed by atoms with Gasteiger partial charge in [-0.25, -0.2) is 0 Å². The van der Waals surface area contributed by atoms with E-state index < -0.39 is 0 Å². The van der Waals surface area contributed by atoms with Crippen LogP contribution in [0.2, 0.25) is 0 Å². The second kappa shape index (κ2) is 10.5. The van der Waals surface area contributed by atoms with Crippen LogP contribution in [0.1, 0.15) is 30.9 Å². The van der Waals surface area contributed by atoms with E-state index in [-0.39, 0.29) is 35.5 Å². The normalized spacial score (nSPS) is 21.1. The third-order valence-electron chi connectivity index (χ3n) is 4.92. The van der Waals surface area contributed by atoms with Crippen molar-refractivity contribution in [1.82, 2.24) is 10.6 Å². The molecule has 2 aliphatic heterocycles. The molecule has 6 nitrogen and oxygen atoms in total. The lowest BCUT2D eigenvalue weighted by Crippen LogP contribution is -2.50. The van der Waals surface area contributed by atoms with Crippen LogP contribution in [-0.4, -0.2) is 52.1 Å². The van der Waals surface area contributed by atoms with Gasteiger partial charge in [-0.05, 0) is 31.4 Å². The number of nitrogens with zero attached hydrogens (tertiary/aromatic N) is 1. The Morgan fingerprint density at radius 2 is 2.15 bits per heavy atom. The fraction of sp³-hybridized carbons (Fsp3) is 0.650. The van der Waals surface area contributed by atoms with E-state index in [2.05, 4.69) is 47.7 Å². The number of nitrogens with one attached hydrogen (secondary N) is 2. The Labute approximate surface area is 179 Å². The predicted octanol–water partition coefficient (Wildman–Crippen LogP) is 2.87. The smallest absolute Gasteiger partial charge is 0.191 e. The van der Waals surface area contributed by atoms with Crippen LogP contribution >= 0.6 is 24.0 Å². The van der Waals surface area contributed by atoms with Crippen molar-refractivity contribution in [2.75, 3.05) is 40.0 Å². The van der Waals surface area contributed by atoms with Gasteiger partial charge >= 0.3 is 0 Å². The van der Waals surface area contributed by atoms with E-state index >= 15 is 0 Å². The summed E-state index contributed by atoms with van der Waals surface area (Å²) in [5.74, 6) is 1.71. The van der Waals surface area contributed by atoms with Crippen molar-refractivity contribution in [3.8, 4) is 5.75 Å². The zero-order chi connectivity index (χ0) is 18.4. The van der Waals surface area contributed by atoms with E-state index in [4.69, 9.17) is 14.2 Å². The number of hydrogen-bond acceptors (Lipinski definition) is 4. The average Bonchev–Trinajstić information content (AvgIpc) is 3.13. The highest BCUT2D eigenvalue weighted by Gasteiger charge is 2.33. The van der Waals surface area contributed by atoms with Gasteiger partial charge in [0.2, 0.25) is 0 Å². The summed E-state index contributed by atoms with van der Waals surface area (Å²) in [5, 5.41) is 6.77. The van der Waals surface area contributed by atoms with E-state index in [1.165, 1.54) is 5.56 Å². The Bertz CT molecular complexity index is 629. The van der Waals surface area contributed by atoms with Gasteiger partial charge in [-0.1, -0.05) is 19.1 Å². The van der Waals surface area contributed by atoms with Crippen LogP contribution in [0, 0.1) is 12.3 Å². The number of benzene rings is 1. The first-order chi connectivity index (χ1) is 12.6. The van der Waals surface area contributed by atoms with Gasteiger partial charge in [-0.2, -0.15) is 0 Å². The maximum absolute atomic E-state index is 6.07. The van der Waals surface area contributed by atoms with Crippen LogP contribution in [0.4, 0.5) is 0 Å². The molecule has 1 atom stereocenters. The molecule has 2 heterocycles.